The van der Waals surface area contributed by atoms with Crippen molar-refractivity contribution in [1.82, 2.24) is 20.8 Å². The van der Waals surface area contributed by atoms with E-state index in [0.29, 0.717) is 24.6 Å². The van der Waals surface area contributed by atoms with Crippen LogP contribution in [0.15, 0.2) is 34.9 Å². The van der Waals surface area contributed by atoms with Crippen LogP contribution in [-0.4, -0.2) is 40.1 Å². The van der Waals surface area contributed by atoms with E-state index in [1.54, 1.807) is 0 Å². The third-order valence-corrected chi connectivity index (χ3v) is 5.01. The molecule has 1 aromatic heterocycles. The van der Waals surface area contributed by atoms with Crippen LogP contribution >= 0.6 is 11.8 Å². The summed E-state index contributed by atoms with van der Waals surface area (Å²) in [5, 5.41) is 10.3. The molecule has 3 rings (SSSR count). The maximum absolute atomic E-state index is 12.1. The second kappa shape index (κ2) is 8.30. The molecule has 6 nitrogen and oxygen atoms in total. The minimum Gasteiger partial charge on any atom is -0.346 e. The van der Waals surface area contributed by atoms with Crippen LogP contribution in [-0.2, 0) is 11.2 Å². The van der Waals surface area contributed by atoms with Crippen LogP contribution in [0.3, 0.4) is 0 Å². The van der Waals surface area contributed by atoms with Gasteiger partial charge in [-0.3, -0.25) is 4.79 Å². The Kier molecular flexibility index (Phi) is 5.87. The van der Waals surface area contributed by atoms with Gasteiger partial charge < -0.3 is 15.2 Å². The zero-order chi connectivity index (χ0) is 16.8. The largest absolute Gasteiger partial charge is 0.346 e. The van der Waals surface area contributed by atoms with E-state index in [9.17, 15) is 4.79 Å². The molecule has 0 bridgehead atoms. The topological polar surface area (TPSA) is 80.0 Å². The van der Waals surface area contributed by atoms with E-state index in [4.69, 9.17) is 4.52 Å². The van der Waals surface area contributed by atoms with Crippen molar-refractivity contribution in [3.8, 4) is 0 Å². The molecule has 1 amide bonds. The van der Waals surface area contributed by atoms with Crippen molar-refractivity contribution in [3.63, 3.8) is 0 Å². The van der Waals surface area contributed by atoms with Gasteiger partial charge in [0.25, 0.3) is 0 Å². The number of amides is 1. The molecule has 2 aromatic rings. The number of carbonyl (C=O) groups is 1. The molecule has 1 aromatic carbocycles. The minimum atomic E-state index is -0.262. The van der Waals surface area contributed by atoms with Crippen LogP contribution in [0.25, 0.3) is 0 Å². The summed E-state index contributed by atoms with van der Waals surface area (Å²) in [5.41, 5.74) is 1.12. The quantitative estimate of drug-likeness (QED) is 0.832. The average Bonchev–Trinajstić information content (AvgIpc) is 3.05. The van der Waals surface area contributed by atoms with Crippen LogP contribution in [0.5, 0.6) is 0 Å². The van der Waals surface area contributed by atoms with Gasteiger partial charge in [0.05, 0.1) is 12.5 Å². The third kappa shape index (κ3) is 4.82. The summed E-state index contributed by atoms with van der Waals surface area (Å²) in [6, 6.07) is 9.95. The summed E-state index contributed by atoms with van der Waals surface area (Å²) in [4.78, 5) is 16.5. The molecule has 2 N–H and O–H groups in total. The molecule has 7 heteroatoms. The van der Waals surface area contributed by atoms with Gasteiger partial charge in [0, 0.05) is 30.5 Å². The molecule has 2 unspecified atom stereocenters. The molecule has 0 saturated carbocycles. The SMILES string of the molecule is CC(NC(=O)CC1CSCCN1)c1noc(Cc2ccccc2)n1. The van der Waals surface area contributed by atoms with Gasteiger partial charge in [0.1, 0.15) is 0 Å². The summed E-state index contributed by atoms with van der Waals surface area (Å²) < 4.78 is 5.29. The normalized spacial score (nSPS) is 19.0. The molecule has 24 heavy (non-hydrogen) atoms. The Morgan fingerprint density at radius 1 is 1.46 bits per heavy atom. The van der Waals surface area contributed by atoms with E-state index in [2.05, 4.69) is 20.8 Å². The smallest absolute Gasteiger partial charge is 0.231 e. The average molecular weight is 346 g/mol. The monoisotopic (exact) mass is 346 g/mol. The van der Waals surface area contributed by atoms with Crippen molar-refractivity contribution in [2.24, 2.45) is 0 Å². The van der Waals surface area contributed by atoms with Crippen molar-refractivity contribution in [2.45, 2.75) is 31.8 Å². The fraction of sp³-hybridized carbons (Fsp3) is 0.471. The number of rotatable bonds is 6. The van der Waals surface area contributed by atoms with Gasteiger partial charge >= 0.3 is 0 Å². The Morgan fingerprint density at radius 3 is 3.04 bits per heavy atom. The second-order valence-corrected chi connectivity index (χ2v) is 7.08. The summed E-state index contributed by atoms with van der Waals surface area (Å²) in [6.07, 6.45) is 1.07. The lowest BCUT2D eigenvalue weighted by molar-refractivity contribution is -0.122. The van der Waals surface area contributed by atoms with Crippen molar-refractivity contribution in [1.29, 1.82) is 0 Å². The predicted octanol–water partition coefficient (Wildman–Crippen LogP) is 1.93. The zero-order valence-electron chi connectivity index (χ0n) is 13.7. The van der Waals surface area contributed by atoms with E-state index in [1.165, 1.54) is 0 Å². The Labute approximate surface area is 145 Å². The number of aromatic nitrogens is 2. The van der Waals surface area contributed by atoms with Gasteiger partial charge in [-0.1, -0.05) is 35.5 Å². The van der Waals surface area contributed by atoms with E-state index >= 15 is 0 Å². The van der Waals surface area contributed by atoms with Gasteiger partial charge in [-0.25, -0.2) is 0 Å². The highest BCUT2D eigenvalue weighted by Crippen LogP contribution is 2.14. The second-order valence-electron chi connectivity index (χ2n) is 5.93. The fourth-order valence-electron chi connectivity index (χ4n) is 2.63. The molecule has 1 aliphatic heterocycles. The summed E-state index contributed by atoms with van der Waals surface area (Å²) in [5.74, 6) is 3.17. The maximum atomic E-state index is 12.1. The van der Waals surface area contributed by atoms with Crippen LogP contribution < -0.4 is 10.6 Å². The zero-order valence-corrected chi connectivity index (χ0v) is 14.5. The highest BCUT2D eigenvalue weighted by molar-refractivity contribution is 7.99. The standard InChI is InChI=1S/C17H22N4O2S/c1-12(19-15(22)10-14-11-24-8-7-18-14)17-20-16(23-21-17)9-13-5-3-2-4-6-13/h2-6,12,14,18H,7-11H2,1H3,(H,19,22). The molecule has 128 valence electrons. The van der Waals surface area contributed by atoms with E-state index < -0.39 is 0 Å². The van der Waals surface area contributed by atoms with E-state index in [-0.39, 0.29) is 18.0 Å². The third-order valence-electron chi connectivity index (χ3n) is 3.88. The lowest BCUT2D eigenvalue weighted by atomic mass is 10.1. The number of benzene rings is 1. The summed E-state index contributed by atoms with van der Waals surface area (Å²) >= 11 is 1.88. The first-order valence-corrected chi connectivity index (χ1v) is 9.33. The molecular formula is C17H22N4O2S. The van der Waals surface area contributed by atoms with Crippen molar-refractivity contribution >= 4 is 17.7 Å². The number of hydrogen-bond donors (Lipinski definition) is 2. The molecule has 1 aliphatic rings. The number of carbonyl (C=O) groups excluding carboxylic acids is 1. The van der Waals surface area contributed by atoms with Crippen molar-refractivity contribution in [2.75, 3.05) is 18.1 Å². The van der Waals surface area contributed by atoms with Gasteiger partial charge in [0.15, 0.2) is 5.82 Å². The Hall–Kier alpha value is -1.86. The van der Waals surface area contributed by atoms with Gasteiger partial charge in [-0.2, -0.15) is 16.7 Å². The molecule has 2 atom stereocenters. The molecular weight excluding hydrogens is 324 g/mol. The molecule has 1 fully saturated rings. The molecule has 1 saturated heterocycles. The van der Waals surface area contributed by atoms with Crippen molar-refractivity contribution < 1.29 is 9.32 Å². The van der Waals surface area contributed by atoms with E-state index in [0.717, 1.165) is 23.6 Å². The molecule has 0 radical (unpaired) electrons. The van der Waals surface area contributed by atoms with Gasteiger partial charge in [-0.15, -0.1) is 0 Å². The first-order chi connectivity index (χ1) is 11.7. The lowest BCUT2D eigenvalue weighted by Crippen LogP contribution is -2.41. The van der Waals surface area contributed by atoms with Crippen LogP contribution in [0, 0.1) is 0 Å². The first-order valence-electron chi connectivity index (χ1n) is 8.17. The number of nitrogens with zero attached hydrogens (tertiary/aromatic N) is 2. The van der Waals surface area contributed by atoms with Crippen LogP contribution in [0.2, 0.25) is 0 Å². The predicted molar refractivity (Wildman–Crippen MR) is 93.8 cm³/mol. The Balaban J connectivity index is 1.51. The van der Waals surface area contributed by atoms with Crippen molar-refractivity contribution in [3.05, 3.63) is 47.6 Å². The number of hydrogen-bond acceptors (Lipinski definition) is 6. The maximum Gasteiger partial charge on any atom is 0.231 e. The lowest BCUT2D eigenvalue weighted by Gasteiger charge is -2.23. The highest BCUT2D eigenvalue weighted by atomic mass is 32.2. The number of nitrogens with one attached hydrogen (secondary N) is 2. The summed E-state index contributed by atoms with van der Waals surface area (Å²) in [7, 11) is 0. The Morgan fingerprint density at radius 2 is 2.29 bits per heavy atom. The van der Waals surface area contributed by atoms with Gasteiger partial charge in [-0.05, 0) is 12.5 Å². The molecule has 2 heterocycles. The summed E-state index contributed by atoms with van der Waals surface area (Å²) in [6.45, 7) is 2.84. The van der Waals surface area contributed by atoms with Crippen LogP contribution in [0.1, 0.15) is 36.7 Å². The minimum absolute atomic E-state index is 0.0110. The molecule has 0 aliphatic carbocycles. The first kappa shape index (κ1) is 17.0. The van der Waals surface area contributed by atoms with E-state index in [1.807, 2.05) is 49.0 Å². The van der Waals surface area contributed by atoms with Gasteiger partial charge in [0.2, 0.25) is 11.8 Å². The number of thioether (sulfide) groups is 1. The highest BCUT2D eigenvalue weighted by Gasteiger charge is 2.20. The Bertz CT molecular complexity index is 656. The van der Waals surface area contributed by atoms with Crippen LogP contribution in [0.4, 0.5) is 0 Å². The fourth-order valence-corrected chi connectivity index (χ4v) is 3.57. The molecule has 0 spiro atoms.